The monoisotopic (exact) mass is 423 g/mol. The molecule has 0 bridgehead atoms. The lowest BCUT2D eigenvalue weighted by atomic mass is 10.1. The van der Waals surface area contributed by atoms with Crippen LogP contribution in [0.5, 0.6) is 11.5 Å². The van der Waals surface area contributed by atoms with E-state index in [0.29, 0.717) is 29.2 Å². The second-order valence-electron chi connectivity index (χ2n) is 6.55. The predicted molar refractivity (Wildman–Crippen MR) is 113 cm³/mol. The molecule has 3 amide bonds. The lowest BCUT2D eigenvalue weighted by Crippen LogP contribution is -2.30. The Bertz CT molecular complexity index is 1060. The third-order valence-corrected chi connectivity index (χ3v) is 4.37. The van der Waals surface area contributed by atoms with Crippen molar-refractivity contribution >= 4 is 23.7 Å². The number of amides is 3. The largest absolute Gasteiger partial charge is 0.490 e. The summed E-state index contributed by atoms with van der Waals surface area (Å²) in [5, 5.41) is 13.5. The van der Waals surface area contributed by atoms with Crippen LogP contribution in [0, 0.1) is 10.1 Å². The molecule has 2 aromatic carbocycles. The Labute approximate surface area is 178 Å². The topological polar surface area (TPSA) is 111 Å². The fourth-order valence-electron chi connectivity index (χ4n) is 2.96. The molecule has 0 atom stereocenters. The highest BCUT2D eigenvalue weighted by molar-refractivity contribution is 6.14. The van der Waals surface area contributed by atoms with Crippen LogP contribution in [0.15, 0.2) is 60.8 Å². The van der Waals surface area contributed by atoms with E-state index in [9.17, 15) is 19.7 Å². The van der Waals surface area contributed by atoms with Crippen molar-refractivity contribution in [3.63, 3.8) is 0 Å². The van der Waals surface area contributed by atoms with E-state index in [1.807, 2.05) is 6.92 Å². The highest BCUT2D eigenvalue weighted by atomic mass is 16.6. The number of urea groups is 1. The average Bonchev–Trinajstić information content (AvgIpc) is 3.01. The number of imide groups is 1. The van der Waals surface area contributed by atoms with Gasteiger partial charge in [-0.15, -0.1) is 6.58 Å². The molecule has 31 heavy (non-hydrogen) atoms. The number of nitrogens with one attached hydrogen (secondary N) is 1. The summed E-state index contributed by atoms with van der Waals surface area (Å²) in [4.78, 5) is 35.8. The number of carbonyl (C=O) groups excluding carboxylic acids is 2. The molecule has 0 saturated carbocycles. The third kappa shape index (κ3) is 5.08. The SMILES string of the molecule is C=CCN1C(=O)N/C(=C/c2ccc(OCc3cccc([N+](=O)[O-])c3)c(OCC)c2)C1=O. The van der Waals surface area contributed by atoms with Gasteiger partial charge in [-0.3, -0.25) is 19.8 Å². The van der Waals surface area contributed by atoms with E-state index in [4.69, 9.17) is 9.47 Å². The number of rotatable bonds is 9. The first-order valence-corrected chi connectivity index (χ1v) is 9.51. The van der Waals surface area contributed by atoms with E-state index in [1.165, 1.54) is 18.2 Å². The fourth-order valence-corrected chi connectivity index (χ4v) is 2.96. The number of hydrogen-bond acceptors (Lipinski definition) is 6. The minimum absolute atomic E-state index is 0.0121. The average molecular weight is 423 g/mol. The van der Waals surface area contributed by atoms with E-state index in [-0.39, 0.29) is 24.5 Å². The summed E-state index contributed by atoms with van der Waals surface area (Å²) in [6.07, 6.45) is 3.03. The molecule has 9 nitrogen and oxygen atoms in total. The molecule has 1 saturated heterocycles. The highest BCUT2D eigenvalue weighted by Crippen LogP contribution is 2.30. The summed E-state index contributed by atoms with van der Waals surface area (Å²) in [5.74, 6) is 0.460. The molecular formula is C22H21N3O6. The number of nitrogens with zero attached hydrogens (tertiary/aromatic N) is 2. The Morgan fingerprint density at radius 1 is 1.16 bits per heavy atom. The Hall–Kier alpha value is -4.14. The van der Waals surface area contributed by atoms with Gasteiger partial charge in [-0.25, -0.2) is 4.79 Å². The van der Waals surface area contributed by atoms with Crippen LogP contribution in [-0.4, -0.2) is 34.9 Å². The molecule has 1 aliphatic rings. The van der Waals surface area contributed by atoms with Gasteiger partial charge in [0.1, 0.15) is 12.3 Å². The number of carbonyl (C=O) groups is 2. The lowest BCUT2D eigenvalue weighted by molar-refractivity contribution is -0.384. The van der Waals surface area contributed by atoms with Gasteiger partial charge < -0.3 is 14.8 Å². The molecule has 0 radical (unpaired) electrons. The fraction of sp³-hybridized carbons (Fsp3) is 0.182. The van der Waals surface area contributed by atoms with Crippen LogP contribution < -0.4 is 14.8 Å². The zero-order valence-electron chi connectivity index (χ0n) is 16.9. The first-order chi connectivity index (χ1) is 14.9. The van der Waals surface area contributed by atoms with Gasteiger partial charge in [0.05, 0.1) is 11.5 Å². The summed E-state index contributed by atoms with van der Waals surface area (Å²) < 4.78 is 11.4. The molecule has 0 spiro atoms. The number of ether oxygens (including phenoxy) is 2. The molecule has 1 N–H and O–H groups in total. The maximum absolute atomic E-state index is 12.3. The van der Waals surface area contributed by atoms with Gasteiger partial charge in [0.25, 0.3) is 11.6 Å². The van der Waals surface area contributed by atoms with E-state index in [0.717, 1.165) is 4.90 Å². The van der Waals surface area contributed by atoms with E-state index >= 15 is 0 Å². The van der Waals surface area contributed by atoms with Gasteiger partial charge in [0.2, 0.25) is 0 Å². The van der Waals surface area contributed by atoms with Crippen molar-refractivity contribution in [1.29, 1.82) is 0 Å². The summed E-state index contributed by atoms with van der Waals surface area (Å²) in [6, 6.07) is 10.8. The van der Waals surface area contributed by atoms with Crippen molar-refractivity contribution in [2.75, 3.05) is 13.2 Å². The van der Waals surface area contributed by atoms with Gasteiger partial charge in [-0.05, 0) is 36.3 Å². The lowest BCUT2D eigenvalue weighted by Gasteiger charge is -2.13. The zero-order valence-corrected chi connectivity index (χ0v) is 16.9. The van der Waals surface area contributed by atoms with Crippen LogP contribution in [0.25, 0.3) is 6.08 Å². The first kappa shape index (κ1) is 21.6. The molecular weight excluding hydrogens is 402 g/mol. The van der Waals surface area contributed by atoms with Crippen molar-refractivity contribution in [3.05, 3.63) is 82.1 Å². The van der Waals surface area contributed by atoms with Gasteiger partial charge in [-0.1, -0.05) is 24.3 Å². The number of nitro benzene ring substituents is 1. The second kappa shape index (κ2) is 9.57. The Morgan fingerprint density at radius 2 is 1.97 bits per heavy atom. The molecule has 9 heteroatoms. The molecule has 0 aliphatic carbocycles. The molecule has 160 valence electrons. The molecule has 1 heterocycles. The number of nitro groups is 1. The van der Waals surface area contributed by atoms with Crippen LogP contribution in [0.2, 0.25) is 0 Å². The number of non-ortho nitro benzene ring substituents is 1. The van der Waals surface area contributed by atoms with Gasteiger partial charge in [-0.2, -0.15) is 0 Å². The highest BCUT2D eigenvalue weighted by Gasteiger charge is 2.32. The van der Waals surface area contributed by atoms with Crippen molar-refractivity contribution in [2.24, 2.45) is 0 Å². The standard InChI is InChI=1S/C22H21N3O6/c1-3-10-24-21(26)18(23-22(24)27)12-15-8-9-19(20(13-15)30-4-2)31-14-16-6-5-7-17(11-16)25(28)29/h3,5-9,11-13H,1,4,10,14H2,2H3,(H,23,27)/b18-12+. The van der Waals surface area contributed by atoms with E-state index in [2.05, 4.69) is 11.9 Å². The van der Waals surface area contributed by atoms with Crippen molar-refractivity contribution in [3.8, 4) is 11.5 Å². The summed E-state index contributed by atoms with van der Waals surface area (Å²) in [6.45, 7) is 5.99. The molecule has 1 fully saturated rings. The third-order valence-electron chi connectivity index (χ3n) is 4.37. The molecule has 0 unspecified atom stereocenters. The van der Waals surface area contributed by atoms with Gasteiger partial charge >= 0.3 is 6.03 Å². The van der Waals surface area contributed by atoms with Crippen molar-refractivity contribution in [1.82, 2.24) is 10.2 Å². The van der Waals surface area contributed by atoms with Crippen molar-refractivity contribution < 1.29 is 24.0 Å². The predicted octanol–water partition coefficient (Wildman–Crippen LogP) is 3.65. The Morgan fingerprint density at radius 3 is 2.68 bits per heavy atom. The molecule has 2 aromatic rings. The van der Waals surface area contributed by atoms with Crippen LogP contribution in [0.1, 0.15) is 18.1 Å². The zero-order chi connectivity index (χ0) is 22.4. The number of benzene rings is 2. The summed E-state index contributed by atoms with van der Waals surface area (Å²) >= 11 is 0. The molecule has 0 aromatic heterocycles. The quantitative estimate of drug-likeness (QED) is 0.217. The minimum Gasteiger partial charge on any atom is -0.490 e. The molecule has 3 rings (SSSR count). The van der Waals surface area contributed by atoms with Crippen LogP contribution in [-0.2, 0) is 11.4 Å². The number of hydrogen-bond donors (Lipinski definition) is 1. The summed E-state index contributed by atoms with van der Waals surface area (Å²) in [7, 11) is 0. The first-order valence-electron chi connectivity index (χ1n) is 9.51. The normalized spacial score (nSPS) is 14.5. The maximum atomic E-state index is 12.3. The van der Waals surface area contributed by atoms with Crippen LogP contribution in [0.3, 0.4) is 0 Å². The van der Waals surface area contributed by atoms with Crippen molar-refractivity contribution in [2.45, 2.75) is 13.5 Å². The minimum atomic E-state index is -0.502. The maximum Gasteiger partial charge on any atom is 0.329 e. The van der Waals surface area contributed by atoms with Crippen LogP contribution in [0.4, 0.5) is 10.5 Å². The van der Waals surface area contributed by atoms with E-state index < -0.39 is 16.9 Å². The van der Waals surface area contributed by atoms with Gasteiger partial charge in [0, 0.05) is 18.7 Å². The van der Waals surface area contributed by atoms with E-state index in [1.54, 1.807) is 36.4 Å². The Kier molecular flexibility index (Phi) is 6.66. The van der Waals surface area contributed by atoms with Gasteiger partial charge in [0.15, 0.2) is 11.5 Å². The molecule has 1 aliphatic heterocycles. The van der Waals surface area contributed by atoms with Crippen LogP contribution >= 0.6 is 0 Å². The second-order valence-corrected chi connectivity index (χ2v) is 6.55. The Balaban J connectivity index is 1.79. The smallest absolute Gasteiger partial charge is 0.329 e. The summed E-state index contributed by atoms with van der Waals surface area (Å²) in [5.41, 5.74) is 1.42.